The summed E-state index contributed by atoms with van der Waals surface area (Å²) >= 11 is 0. The molecule has 172 valence electrons. The number of carbonyl (C=O) groups excluding carboxylic acids is 3. The van der Waals surface area contributed by atoms with Crippen LogP contribution in [0.25, 0.3) is 0 Å². The van der Waals surface area contributed by atoms with Crippen molar-refractivity contribution in [2.24, 2.45) is 0 Å². The Hall–Kier alpha value is -3.75. The third-order valence-corrected chi connectivity index (χ3v) is 3.73. The lowest BCUT2D eigenvalue weighted by molar-refractivity contribution is -0.118. The summed E-state index contributed by atoms with van der Waals surface area (Å²) in [5.74, 6) is 0.233. The van der Waals surface area contributed by atoms with Crippen molar-refractivity contribution in [2.45, 2.75) is 33.3 Å². The fourth-order valence-corrected chi connectivity index (χ4v) is 2.53. The lowest BCUT2D eigenvalue weighted by Crippen LogP contribution is -2.37. The minimum atomic E-state index is -0.681. The molecule has 0 aliphatic carbocycles. The predicted molar refractivity (Wildman–Crippen MR) is 121 cm³/mol. The Morgan fingerprint density at radius 3 is 2.03 bits per heavy atom. The predicted octanol–water partition coefficient (Wildman–Crippen LogP) is 3.57. The molecule has 0 atom stereocenters. The van der Waals surface area contributed by atoms with Gasteiger partial charge in [-0.15, -0.1) is 0 Å². The molecule has 0 aromatic heterocycles. The van der Waals surface area contributed by atoms with Crippen LogP contribution in [0.1, 0.15) is 27.7 Å². The summed E-state index contributed by atoms with van der Waals surface area (Å²) in [6.45, 7) is 7.08. The van der Waals surface area contributed by atoms with Crippen molar-refractivity contribution >= 4 is 29.3 Å². The Morgan fingerprint density at radius 1 is 0.844 bits per heavy atom. The van der Waals surface area contributed by atoms with Crippen LogP contribution in [0, 0.1) is 0 Å². The normalized spacial score (nSPS) is 10.6. The van der Waals surface area contributed by atoms with E-state index in [0.29, 0.717) is 29.5 Å². The summed E-state index contributed by atoms with van der Waals surface area (Å²) < 4.78 is 16.1. The zero-order valence-electron chi connectivity index (χ0n) is 18.7. The first-order valence-electron chi connectivity index (χ1n) is 10.2. The van der Waals surface area contributed by atoms with E-state index in [2.05, 4.69) is 16.0 Å². The quantitative estimate of drug-likeness (QED) is 0.546. The second-order valence-electron chi connectivity index (χ2n) is 7.70. The monoisotopic (exact) mass is 443 g/mol. The number of alkyl carbamates (subject to hydrolysis) is 1. The molecule has 0 bridgehead atoms. The second kappa shape index (κ2) is 11.6. The van der Waals surface area contributed by atoms with Crippen molar-refractivity contribution in [3.63, 3.8) is 0 Å². The molecule has 0 radical (unpaired) electrons. The maximum Gasteiger partial charge on any atom is 0.408 e. The molecule has 32 heavy (non-hydrogen) atoms. The van der Waals surface area contributed by atoms with E-state index < -0.39 is 17.6 Å². The lowest BCUT2D eigenvalue weighted by Gasteiger charge is -2.19. The van der Waals surface area contributed by atoms with Gasteiger partial charge in [0.15, 0.2) is 18.1 Å². The third kappa shape index (κ3) is 8.95. The maximum absolute atomic E-state index is 12.3. The van der Waals surface area contributed by atoms with Crippen molar-refractivity contribution in [3.05, 3.63) is 48.5 Å². The van der Waals surface area contributed by atoms with Gasteiger partial charge in [0.25, 0.3) is 5.91 Å². The van der Waals surface area contributed by atoms with Crippen LogP contribution in [0.4, 0.5) is 16.2 Å². The summed E-state index contributed by atoms with van der Waals surface area (Å²) in [5.41, 5.74) is 0.290. The van der Waals surface area contributed by atoms with E-state index in [4.69, 9.17) is 14.2 Å². The van der Waals surface area contributed by atoms with Crippen LogP contribution in [0.5, 0.6) is 11.5 Å². The number of ether oxygens (including phenoxy) is 3. The van der Waals surface area contributed by atoms with Crippen molar-refractivity contribution in [1.29, 1.82) is 0 Å². The molecule has 0 fully saturated rings. The molecular weight excluding hydrogens is 414 g/mol. The van der Waals surface area contributed by atoms with E-state index in [1.807, 2.05) is 13.0 Å². The summed E-state index contributed by atoms with van der Waals surface area (Å²) in [6, 6.07) is 13.7. The van der Waals surface area contributed by atoms with Crippen molar-refractivity contribution < 1.29 is 28.6 Å². The van der Waals surface area contributed by atoms with Gasteiger partial charge in [0.05, 0.1) is 6.61 Å². The van der Waals surface area contributed by atoms with Gasteiger partial charge >= 0.3 is 6.09 Å². The molecule has 2 aromatic carbocycles. The van der Waals surface area contributed by atoms with E-state index in [-0.39, 0.29) is 19.1 Å². The Bertz CT molecular complexity index is 939. The smallest absolute Gasteiger partial charge is 0.408 e. The summed E-state index contributed by atoms with van der Waals surface area (Å²) in [5, 5.41) is 7.73. The van der Waals surface area contributed by atoms with Crippen LogP contribution >= 0.6 is 0 Å². The molecule has 9 heteroatoms. The first-order chi connectivity index (χ1) is 15.2. The third-order valence-electron chi connectivity index (χ3n) is 3.73. The number of hydrogen-bond acceptors (Lipinski definition) is 6. The van der Waals surface area contributed by atoms with Crippen molar-refractivity contribution in [3.8, 4) is 11.5 Å². The van der Waals surface area contributed by atoms with Gasteiger partial charge in [-0.05, 0) is 58.0 Å². The molecule has 3 amide bonds. The fraction of sp³-hybridized carbons (Fsp3) is 0.348. The van der Waals surface area contributed by atoms with Crippen LogP contribution in [0.2, 0.25) is 0 Å². The number of benzene rings is 2. The topological polar surface area (TPSA) is 115 Å². The number of nitrogens with one attached hydrogen (secondary N) is 3. The van der Waals surface area contributed by atoms with Gasteiger partial charge in [-0.25, -0.2) is 4.79 Å². The Kier molecular flexibility index (Phi) is 8.88. The van der Waals surface area contributed by atoms with Gasteiger partial charge < -0.3 is 30.2 Å². The molecule has 3 N–H and O–H groups in total. The Balaban J connectivity index is 1.84. The van der Waals surface area contributed by atoms with Crippen LogP contribution in [-0.4, -0.2) is 43.3 Å². The zero-order valence-corrected chi connectivity index (χ0v) is 18.7. The van der Waals surface area contributed by atoms with Crippen LogP contribution in [-0.2, 0) is 14.3 Å². The number of anilines is 2. The highest BCUT2D eigenvalue weighted by Crippen LogP contribution is 2.26. The number of hydrogen-bond donors (Lipinski definition) is 3. The average molecular weight is 444 g/mol. The van der Waals surface area contributed by atoms with Gasteiger partial charge in [0.2, 0.25) is 5.91 Å². The van der Waals surface area contributed by atoms with Crippen LogP contribution < -0.4 is 25.4 Å². The van der Waals surface area contributed by atoms with Gasteiger partial charge in [0.1, 0.15) is 12.1 Å². The molecule has 0 heterocycles. The van der Waals surface area contributed by atoms with Crippen molar-refractivity contribution in [1.82, 2.24) is 5.32 Å². The number of amides is 3. The molecular formula is C23H29N3O6. The van der Waals surface area contributed by atoms with E-state index in [0.717, 1.165) is 0 Å². The highest BCUT2D eigenvalue weighted by molar-refractivity contribution is 5.96. The molecule has 2 rings (SSSR count). The number of para-hydroxylation sites is 2. The van der Waals surface area contributed by atoms with Crippen molar-refractivity contribution in [2.75, 3.05) is 30.4 Å². The SMILES string of the molecule is CCOc1ccccc1OCC(=O)Nc1cccc(NC(=O)CNC(=O)OC(C)(C)C)c1. The van der Waals surface area contributed by atoms with Crippen LogP contribution in [0.3, 0.4) is 0 Å². The molecule has 0 spiro atoms. The highest BCUT2D eigenvalue weighted by Gasteiger charge is 2.16. The van der Waals surface area contributed by atoms with Gasteiger partial charge in [-0.1, -0.05) is 18.2 Å². The minimum Gasteiger partial charge on any atom is -0.490 e. The molecule has 0 saturated heterocycles. The second-order valence-corrected chi connectivity index (χ2v) is 7.70. The summed E-state index contributed by atoms with van der Waals surface area (Å²) in [6.07, 6.45) is -0.681. The molecule has 0 aliphatic rings. The van der Waals surface area contributed by atoms with Gasteiger partial charge in [0, 0.05) is 11.4 Å². The van der Waals surface area contributed by atoms with Gasteiger partial charge in [-0.2, -0.15) is 0 Å². The average Bonchev–Trinajstić information content (AvgIpc) is 2.71. The molecule has 0 saturated carbocycles. The molecule has 0 aliphatic heterocycles. The number of rotatable bonds is 9. The van der Waals surface area contributed by atoms with E-state index in [1.165, 1.54) is 0 Å². The first kappa shape index (κ1) is 24.5. The molecule has 0 unspecified atom stereocenters. The molecule has 9 nitrogen and oxygen atoms in total. The standard InChI is InChI=1S/C23H29N3O6/c1-5-30-18-11-6-7-12-19(18)31-15-21(28)26-17-10-8-9-16(13-17)25-20(27)14-24-22(29)32-23(2,3)4/h6-13H,5,14-15H2,1-4H3,(H,24,29)(H,25,27)(H,26,28). The molecule has 2 aromatic rings. The highest BCUT2D eigenvalue weighted by atomic mass is 16.6. The van der Waals surface area contributed by atoms with Crippen LogP contribution in [0.15, 0.2) is 48.5 Å². The number of carbonyl (C=O) groups is 3. The fourth-order valence-electron chi connectivity index (χ4n) is 2.53. The van der Waals surface area contributed by atoms with E-state index >= 15 is 0 Å². The van der Waals surface area contributed by atoms with E-state index in [1.54, 1.807) is 63.2 Å². The zero-order chi connectivity index (χ0) is 23.6. The Morgan fingerprint density at radius 2 is 1.44 bits per heavy atom. The van der Waals surface area contributed by atoms with Gasteiger partial charge in [-0.3, -0.25) is 9.59 Å². The van der Waals surface area contributed by atoms with E-state index in [9.17, 15) is 14.4 Å². The largest absolute Gasteiger partial charge is 0.490 e. The maximum atomic E-state index is 12.3. The Labute approximate surface area is 187 Å². The summed E-state index contributed by atoms with van der Waals surface area (Å²) in [7, 11) is 0. The summed E-state index contributed by atoms with van der Waals surface area (Å²) in [4.78, 5) is 35.9. The minimum absolute atomic E-state index is 0.208. The first-order valence-corrected chi connectivity index (χ1v) is 10.2. The lowest BCUT2D eigenvalue weighted by atomic mass is 10.2.